The Bertz CT molecular complexity index is 902. The molecule has 0 bridgehead atoms. The molecular weight excluding hydrogens is 342 g/mol. The molecule has 0 aliphatic carbocycles. The predicted octanol–water partition coefficient (Wildman–Crippen LogP) is 4.39. The van der Waals surface area contributed by atoms with Gasteiger partial charge in [-0.2, -0.15) is 0 Å². The van der Waals surface area contributed by atoms with Gasteiger partial charge >= 0.3 is 0 Å². The van der Waals surface area contributed by atoms with E-state index in [9.17, 15) is 4.79 Å². The second-order valence-electron chi connectivity index (χ2n) is 7.68. The molecule has 0 spiro atoms. The summed E-state index contributed by atoms with van der Waals surface area (Å²) in [6, 6.07) is 6.40. The lowest BCUT2D eigenvalue weighted by Gasteiger charge is -2.13. The molecule has 2 heterocycles. The summed E-state index contributed by atoms with van der Waals surface area (Å²) in [5, 5.41) is 7.35. The first-order valence-electron chi connectivity index (χ1n) is 9.18. The molecule has 3 rings (SSSR count). The van der Waals surface area contributed by atoms with Gasteiger partial charge in [-0.1, -0.05) is 45.9 Å². The molecule has 4 nitrogen and oxygen atoms in total. The molecular formula is C21H27N3OS. The van der Waals surface area contributed by atoms with Gasteiger partial charge < -0.3 is 10.3 Å². The number of nitrogens with one attached hydrogen (secondary N) is 2. The largest absolute Gasteiger partial charge is 0.361 e. The predicted molar refractivity (Wildman–Crippen MR) is 109 cm³/mol. The van der Waals surface area contributed by atoms with E-state index < -0.39 is 0 Å². The van der Waals surface area contributed by atoms with Crippen LogP contribution in [0.3, 0.4) is 0 Å². The smallest absolute Gasteiger partial charge is 0.226 e. The second kappa shape index (κ2) is 7.62. The van der Waals surface area contributed by atoms with Gasteiger partial charge in [-0.05, 0) is 24.0 Å². The van der Waals surface area contributed by atoms with Crippen LogP contribution in [0, 0.1) is 0 Å². The molecule has 0 saturated carbocycles. The summed E-state index contributed by atoms with van der Waals surface area (Å²) in [5.74, 6) is 0.0323. The Labute approximate surface area is 159 Å². The molecule has 0 fully saturated rings. The van der Waals surface area contributed by atoms with E-state index >= 15 is 0 Å². The van der Waals surface area contributed by atoms with Crippen LogP contribution in [0.5, 0.6) is 0 Å². The lowest BCUT2D eigenvalue weighted by Crippen LogP contribution is -2.27. The van der Waals surface area contributed by atoms with E-state index in [0.29, 0.717) is 13.0 Å². The van der Waals surface area contributed by atoms with Crippen LogP contribution in [0.15, 0.2) is 29.8 Å². The molecule has 0 radical (unpaired) electrons. The van der Waals surface area contributed by atoms with Crippen LogP contribution in [0.25, 0.3) is 10.9 Å². The summed E-state index contributed by atoms with van der Waals surface area (Å²) in [6.45, 7) is 9.22. The van der Waals surface area contributed by atoms with E-state index in [0.717, 1.165) is 23.5 Å². The number of hydrogen-bond acceptors (Lipinski definition) is 3. The Morgan fingerprint density at radius 2 is 2.08 bits per heavy atom. The first kappa shape index (κ1) is 18.6. The maximum atomic E-state index is 12.2. The first-order chi connectivity index (χ1) is 12.4. The number of nitrogens with zero attached hydrogens (tertiary/aromatic N) is 1. The van der Waals surface area contributed by atoms with E-state index in [1.54, 1.807) is 11.3 Å². The highest BCUT2D eigenvalue weighted by molar-refractivity contribution is 7.09. The minimum atomic E-state index is 0.0323. The summed E-state index contributed by atoms with van der Waals surface area (Å²) in [4.78, 5) is 20.2. The van der Waals surface area contributed by atoms with Crippen molar-refractivity contribution < 1.29 is 4.79 Å². The number of aromatic nitrogens is 2. The van der Waals surface area contributed by atoms with Gasteiger partial charge in [-0.25, -0.2) is 4.98 Å². The van der Waals surface area contributed by atoms with Gasteiger partial charge in [0.2, 0.25) is 5.91 Å². The fourth-order valence-corrected chi connectivity index (χ4v) is 3.98. The summed E-state index contributed by atoms with van der Waals surface area (Å²) < 4.78 is 0. The van der Waals surface area contributed by atoms with E-state index in [4.69, 9.17) is 0 Å². The molecule has 0 atom stereocenters. The van der Waals surface area contributed by atoms with Crippen LogP contribution in [-0.4, -0.2) is 22.4 Å². The number of aryl methyl sites for hydroxylation is 1. The fourth-order valence-electron chi connectivity index (χ4n) is 3.07. The molecule has 3 aromatic rings. The lowest BCUT2D eigenvalue weighted by atomic mass is 9.98. The number of hydrogen-bond donors (Lipinski definition) is 2. The van der Waals surface area contributed by atoms with Crippen molar-refractivity contribution >= 4 is 28.1 Å². The maximum absolute atomic E-state index is 12.2. The quantitative estimate of drug-likeness (QED) is 0.677. The number of H-pyrrole nitrogens is 1. The number of amides is 1. The number of aromatic amines is 1. The summed E-state index contributed by atoms with van der Waals surface area (Å²) in [6.07, 6.45) is 4.24. The molecule has 0 aliphatic rings. The second-order valence-corrected chi connectivity index (χ2v) is 8.54. The highest BCUT2D eigenvalue weighted by Gasteiger charge is 2.18. The highest BCUT2D eigenvalue weighted by atomic mass is 32.1. The van der Waals surface area contributed by atoms with Crippen molar-refractivity contribution in [3.05, 3.63) is 51.6 Å². The highest BCUT2D eigenvalue weighted by Crippen LogP contribution is 2.25. The minimum absolute atomic E-state index is 0.0323. The van der Waals surface area contributed by atoms with Crippen LogP contribution >= 0.6 is 11.3 Å². The third-order valence-corrected chi connectivity index (χ3v) is 5.84. The van der Waals surface area contributed by atoms with Crippen molar-refractivity contribution in [2.45, 2.75) is 52.4 Å². The van der Waals surface area contributed by atoms with Crippen LogP contribution in [-0.2, 0) is 29.5 Å². The maximum Gasteiger partial charge on any atom is 0.226 e. The fraction of sp³-hybridized carbons (Fsp3) is 0.429. The van der Waals surface area contributed by atoms with Gasteiger partial charge in [-0.3, -0.25) is 4.79 Å². The van der Waals surface area contributed by atoms with Crippen molar-refractivity contribution in [2.24, 2.45) is 0 Å². The van der Waals surface area contributed by atoms with Crippen molar-refractivity contribution in [3.8, 4) is 0 Å². The normalized spacial score (nSPS) is 11.8. The molecule has 0 aliphatic heterocycles. The molecule has 2 aromatic heterocycles. The molecule has 5 heteroatoms. The average molecular weight is 370 g/mol. The summed E-state index contributed by atoms with van der Waals surface area (Å²) in [5.41, 5.74) is 4.69. The van der Waals surface area contributed by atoms with Gasteiger partial charge in [0.1, 0.15) is 0 Å². The van der Waals surface area contributed by atoms with Gasteiger partial charge in [0, 0.05) is 34.4 Å². The number of fused-ring (bicyclic) bond motifs is 1. The molecule has 26 heavy (non-hydrogen) atoms. The van der Waals surface area contributed by atoms with E-state index in [1.807, 2.05) is 5.38 Å². The summed E-state index contributed by atoms with van der Waals surface area (Å²) >= 11 is 1.63. The number of carbonyl (C=O) groups excluding carboxylic acids is 1. The minimum Gasteiger partial charge on any atom is -0.361 e. The third-order valence-electron chi connectivity index (χ3n) is 4.52. The average Bonchev–Trinajstić information content (AvgIpc) is 3.21. The number of thiazole rings is 1. The van der Waals surface area contributed by atoms with Crippen LogP contribution < -0.4 is 5.32 Å². The SMILES string of the molecule is CCc1cccc2c(CCNC(=O)Cc3csc(C(C)(C)C)n3)c[nH]c12. The van der Waals surface area contributed by atoms with Crippen molar-refractivity contribution in [2.75, 3.05) is 6.54 Å². The molecule has 138 valence electrons. The Hall–Kier alpha value is -2.14. The van der Waals surface area contributed by atoms with Crippen LogP contribution in [0.1, 0.15) is 49.5 Å². The van der Waals surface area contributed by atoms with E-state index in [-0.39, 0.29) is 11.3 Å². The van der Waals surface area contributed by atoms with E-state index in [1.165, 1.54) is 22.0 Å². The Balaban J connectivity index is 1.55. The summed E-state index contributed by atoms with van der Waals surface area (Å²) in [7, 11) is 0. The molecule has 0 unspecified atom stereocenters. The van der Waals surface area contributed by atoms with Gasteiger partial charge in [0.05, 0.1) is 17.1 Å². The zero-order chi connectivity index (χ0) is 18.7. The van der Waals surface area contributed by atoms with Crippen molar-refractivity contribution in [3.63, 3.8) is 0 Å². The van der Waals surface area contributed by atoms with Crippen molar-refractivity contribution in [1.29, 1.82) is 0 Å². The van der Waals surface area contributed by atoms with E-state index in [2.05, 4.69) is 67.4 Å². The van der Waals surface area contributed by atoms with Crippen LogP contribution in [0.4, 0.5) is 0 Å². The Morgan fingerprint density at radius 3 is 2.77 bits per heavy atom. The number of rotatable bonds is 6. The topological polar surface area (TPSA) is 57.8 Å². The van der Waals surface area contributed by atoms with Gasteiger partial charge in [0.15, 0.2) is 0 Å². The number of carbonyl (C=O) groups is 1. The van der Waals surface area contributed by atoms with Gasteiger partial charge in [-0.15, -0.1) is 11.3 Å². The molecule has 1 amide bonds. The zero-order valence-electron chi connectivity index (χ0n) is 16.0. The third kappa shape index (κ3) is 4.15. The zero-order valence-corrected chi connectivity index (χ0v) is 16.8. The van der Waals surface area contributed by atoms with Crippen LogP contribution in [0.2, 0.25) is 0 Å². The van der Waals surface area contributed by atoms with Gasteiger partial charge in [0.25, 0.3) is 0 Å². The number of para-hydroxylation sites is 1. The Kier molecular flexibility index (Phi) is 5.47. The molecule has 0 saturated heterocycles. The van der Waals surface area contributed by atoms with Crippen molar-refractivity contribution in [1.82, 2.24) is 15.3 Å². The Morgan fingerprint density at radius 1 is 1.27 bits per heavy atom. The standard InChI is InChI=1S/C21H27N3OS/c1-5-14-7-6-8-17-15(12-23-19(14)17)9-10-22-18(25)11-16-13-26-20(24-16)21(2,3)4/h6-8,12-13,23H,5,9-11H2,1-4H3,(H,22,25). The monoisotopic (exact) mass is 369 g/mol. The lowest BCUT2D eigenvalue weighted by molar-refractivity contribution is -0.120. The molecule has 1 aromatic carbocycles. The number of benzene rings is 1. The molecule has 2 N–H and O–H groups in total. The first-order valence-corrected chi connectivity index (χ1v) is 10.1.